The second kappa shape index (κ2) is 5.98. The summed E-state index contributed by atoms with van der Waals surface area (Å²) >= 11 is 0. The first-order valence-electron chi connectivity index (χ1n) is 8.65. The van der Waals surface area contributed by atoms with Crippen LogP contribution >= 0.6 is 0 Å². The molecule has 25 heavy (non-hydrogen) atoms. The number of pyridine rings is 1. The third-order valence-electron chi connectivity index (χ3n) is 4.63. The lowest BCUT2D eigenvalue weighted by molar-refractivity contribution is 0.0953. The van der Waals surface area contributed by atoms with Gasteiger partial charge < -0.3 is 5.32 Å². The number of nitrogens with one attached hydrogen (secondary N) is 1. The minimum atomic E-state index is -0.0747. The van der Waals surface area contributed by atoms with Gasteiger partial charge in [0.25, 0.3) is 5.91 Å². The Morgan fingerprint density at radius 3 is 2.80 bits per heavy atom. The van der Waals surface area contributed by atoms with Crippen molar-refractivity contribution in [2.24, 2.45) is 7.05 Å². The average Bonchev–Trinajstić information content (AvgIpc) is 3.29. The molecule has 0 aliphatic heterocycles. The van der Waals surface area contributed by atoms with Gasteiger partial charge in [-0.15, -0.1) is 0 Å². The molecule has 3 heterocycles. The summed E-state index contributed by atoms with van der Waals surface area (Å²) in [4.78, 5) is 17.5. The molecule has 3 aromatic heterocycles. The summed E-state index contributed by atoms with van der Waals surface area (Å²) < 4.78 is 3.60. The van der Waals surface area contributed by atoms with Crippen LogP contribution in [0.4, 0.5) is 0 Å². The van der Waals surface area contributed by atoms with Gasteiger partial charge in [0.15, 0.2) is 5.65 Å². The number of hydrogen-bond donors (Lipinski definition) is 1. The van der Waals surface area contributed by atoms with E-state index in [1.807, 2.05) is 43.9 Å². The molecule has 4 rings (SSSR count). The minimum Gasteiger partial charge on any atom is -0.350 e. The van der Waals surface area contributed by atoms with Gasteiger partial charge in [-0.05, 0) is 38.8 Å². The van der Waals surface area contributed by atoms with Crippen molar-refractivity contribution in [1.29, 1.82) is 0 Å². The number of hydrogen-bond acceptors (Lipinski definition) is 4. The van der Waals surface area contributed by atoms with E-state index >= 15 is 0 Å². The average molecular weight is 338 g/mol. The van der Waals surface area contributed by atoms with E-state index in [1.165, 1.54) is 0 Å². The van der Waals surface area contributed by atoms with Crippen LogP contribution in [0, 0.1) is 13.8 Å². The highest BCUT2D eigenvalue weighted by Gasteiger charge is 2.28. The van der Waals surface area contributed by atoms with Crippen molar-refractivity contribution in [3.63, 3.8) is 0 Å². The van der Waals surface area contributed by atoms with Crippen molar-refractivity contribution in [2.75, 3.05) is 6.54 Å². The lowest BCUT2D eigenvalue weighted by Gasteiger charge is -2.09. The highest BCUT2D eigenvalue weighted by molar-refractivity contribution is 6.06. The monoisotopic (exact) mass is 338 g/mol. The normalized spacial score (nSPS) is 14.2. The molecule has 0 atom stereocenters. The molecule has 1 saturated carbocycles. The van der Waals surface area contributed by atoms with Crippen molar-refractivity contribution in [3.8, 4) is 0 Å². The third-order valence-corrected chi connectivity index (χ3v) is 4.63. The van der Waals surface area contributed by atoms with E-state index in [1.54, 1.807) is 4.68 Å². The van der Waals surface area contributed by atoms with E-state index in [2.05, 4.69) is 15.5 Å². The Hall–Kier alpha value is -2.70. The zero-order valence-corrected chi connectivity index (χ0v) is 14.8. The molecule has 3 aromatic rings. The summed E-state index contributed by atoms with van der Waals surface area (Å²) in [6.07, 6.45) is 4.21. The van der Waals surface area contributed by atoms with Gasteiger partial charge in [-0.25, -0.2) is 4.98 Å². The Kier molecular flexibility index (Phi) is 3.78. The molecule has 1 aliphatic carbocycles. The lowest BCUT2D eigenvalue weighted by atomic mass is 10.1. The Labute approximate surface area is 146 Å². The van der Waals surface area contributed by atoms with Gasteiger partial charge >= 0.3 is 0 Å². The summed E-state index contributed by atoms with van der Waals surface area (Å²) in [5.41, 5.74) is 4.27. The second-order valence-electron chi connectivity index (χ2n) is 6.75. The highest BCUT2D eigenvalue weighted by Crippen LogP contribution is 2.40. The molecule has 0 radical (unpaired) electrons. The zero-order valence-electron chi connectivity index (χ0n) is 14.8. The Morgan fingerprint density at radius 1 is 1.32 bits per heavy atom. The molecular weight excluding hydrogens is 316 g/mol. The molecule has 1 N–H and O–H groups in total. The van der Waals surface area contributed by atoms with E-state index in [-0.39, 0.29) is 5.91 Å². The van der Waals surface area contributed by atoms with E-state index in [0.29, 0.717) is 24.6 Å². The highest BCUT2D eigenvalue weighted by atomic mass is 16.1. The van der Waals surface area contributed by atoms with E-state index in [0.717, 1.165) is 41.0 Å². The maximum absolute atomic E-state index is 12.8. The maximum atomic E-state index is 12.8. The third kappa shape index (κ3) is 3.01. The Bertz CT molecular complexity index is 950. The van der Waals surface area contributed by atoms with Crippen LogP contribution in [0.5, 0.6) is 0 Å². The number of carbonyl (C=O) groups excluding carboxylic acids is 1. The zero-order chi connectivity index (χ0) is 17.6. The van der Waals surface area contributed by atoms with E-state index in [4.69, 9.17) is 4.98 Å². The van der Waals surface area contributed by atoms with Crippen molar-refractivity contribution in [2.45, 2.75) is 39.2 Å². The molecule has 7 nitrogen and oxygen atoms in total. The number of fused-ring (bicyclic) bond motifs is 1. The lowest BCUT2D eigenvalue weighted by Crippen LogP contribution is -2.28. The summed E-state index contributed by atoms with van der Waals surface area (Å²) in [5, 5.41) is 12.6. The molecular formula is C18H22N6O. The first-order chi connectivity index (χ1) is 12.0. The van der Waals surface area contributed by atoms with Gasteiger partial charge in [-0.2, -0.15) is 10.2 Å². The fourth-order valence-corrected chi connectivity index (χ4v) is 3.20. The predicted octanol–water partition coefficient (Wildman–Crippen LogP) is 2.09. The molecule has 0 aromatic carbocycles. The van der Waals surface area contributed by atoms with Crippen molar-refractivity contribution >= 4 is 16.9 Å². The number of aromatic nitrogens is 5. The van der Waals surface area contributed by atoms with E-state index in [9.17, 15) is 4.79 Å². The molecule has 0 bridgehead atoms. The number of amides is 1. The van der Waals surface area contributed by atoms with Gasteiger partial charge in [-0.1, -0.05) is 0 Å². The van der Waals surface area contributed by atoms with Gasteiger partial charge in [0, 0.05) is 31.4 Å². The summed E-state index contributed by atoms with van der Waals surface area (Å²) in [7, 11) is 1.88. The smallest absolute Gasteiger partial charge is 0.252 e. The Balaban J connectivity index is 1.59. The molecule has 0 spiro atoms. The molecule has 1 fully saturated rings. The van der Waals surface area contributed by atoms with Gasteiger partial charge in [0.1, 0.15) is 0 Å². The molecule has 1 aliphatic rings. The standard InChI is InChI=1S/C18H22N6O/c1-11-6-8-24(21-11)9-7-19-18(25)14-10-15(13-4-5-13)20-17-16(14)12(2)22-23(17)3/h6,8,10,13H,4-5,7,9H2,1-3H3,(H,19,25). The van der Waals surface area contributed by atoms with Crippen molar-refractivity contribution in [1.82, 2.24) is 29.9 Å². The molecule has 0 unspecified atom stereocenters. The van der Waals surface area contributed by atoms with Crippen LogP contribution < -0.4 is 5.32 Å². The number of nitrogens with zero attached hydrogens (tertiary/aromatic N) is 5. The van der Waals surface area contributed by atoms with E-state index < -0.39 is 0 Å². The quantitative estimate of drug-likeness (QED) is 0.773. The van der Waals surface area contributed by atoms with Crippen molar-refractivity contribution in [3.05, 3.63) is 41.0 Å². The minimum absolute atomic E-state index is 0.0747. The first-order valence-corrected chi connectivity index (χ1v) is 8.65. The fraction of sp³-hybridized carbons (Fsp3) is 0.444. The molecule has 130 valence electrons. The number of carbonyl (C=O) groups is 1. The molecule has 0 saturated heterocycles. The van der Waals surface area contributed by atoms with Crippen molar-refractivity contribution < 1.29 is 4.79 Å². The molecule has 1 amide bonds. The van der Waals surface area contributed by atoms with Crippen LogP contribution in [-0.4, -0.2) is 37.0 Å². The second-order valence-corrected chi connectivity index (χ2v) is 6.75. The number of rotatable bonds is 5. The van der Waals surface area contributed by atoms with Gasteiger partial charge in [0.05, 0.1) is 28.9 Å². The summed E-state index contributed by atoms with van der Waals surface area (Å²) in [6, 6.07) is 3.90. The van der Waals surface area contributed by atoms with Crippen LogP contribution in [0.3, 0.4) is 0 Å². The number of aryl methyl sites for hydroxylation is 3. The molecule has 7 heteroatoms. The van der Waals surface area contributed by atoms with Crippen LogP contribution in [-0.2, 0) is 13.6 Å². The SMILES string of the molecule is Cc1ccn(CCNC(=O)c2cc(C3CC3)nc3c2c(C)nn3C)n1. The van der Waals surface area contributed by atoms with Crippen LogP contribution in [0.2, 0.25) is 0 Å². The topological polar surface area (TPSA) is 77.6 Å². The fourth-order valence-electron chi connectivity index (χ4n) is 3.20. The Morgan fingerprint density at radius 2 is 2.12 bits per heavy atom. The summed E-state index contributed by atoms with van der Waals surface area (Å²) in [5.74, 6) is 0.410. The van der Waals surface area contributed by atoms with Crippen LogP contribution in [0.1, 0.15) is 46.2 Å². The maximum Gasteiger partial charge on any atom is 0.252 e. The van der Waals surface area contributed by atoms with Crippen LogP contribution in [0.25, 0.3) is 11.0 Å². The summed E-state index contributed by atoms with van der Waals surface area (Å²) in [6.45, 7) is 5.05. The van der Waals surface area contributed by atoms with Gasteiger partial charge in [-0.3, -0.25) is 14.2 Å². The largest absolute Gasteiger partial charge is 0.350 e. The van der Waals surface area contributed by atoms with Crippen LogP contribution in [0.15, 0.2) is 18.3 Å². The van der Waals surface area contributed by atoms with Gasteiger partial charge in [0.2, 0.25) is 0 Å². The predicted molar refractivity (Wildman–Crippen MR) is 94.5 cm³/mol. The first kappa shape index (κ1) is 15.8.